The Bertz CT molecular complexity index is 591. The highest BCUT2D eigenvalue weighted by Crippen LogP contribution is 2.31. The summed E-state index contributed by atoms with van der Waals surface area (Å²) in [6.07, 6.45) is 0.816. The second-order valence-corrected chi connectivity index (χ2v) is 4.59. The maximum atomic E-state index is 10.7. The molecule has 92 valence electrons. The van der Waals surface area contributed by atoms with E-state index in [9.17, 15) is 4.79 Å². The van der Waals surface area contributed by atoms with Crippen molar-refractivity contribution in [2.45, 2.75) is 13.8 Å². The molecule has 2 aromatic carbocycles. The summed E-state index contributed by atoms with van der Waals surface area (Å²) in [6, 6.07) is 10.9. The van der Waals surface area contributed by atoms with Crippen molar-refractivity contribution in [3.05, 3.63) is 58.1 Å². The van der Waals surface area contributed by atoms with Crippen LogP contribution in [-0.4, -0.2) is 6.29 Å². The second-order valence-electron chi connectivity index (χ2n) is 4.18. The predicted octanol–water partition coefficient (Wildman–Crippen LogP) is 4.56. The van der Waals surface area contributed by atoms with Gasteiger partial charge in [0.05, 0.1) is 5.02 Å². The highest BCUT2D eigenvalue weighted by Gasteiger charge is 2.06. The minimum Gasteiger partial charge on any atom is -0.456 e. The van der Waals surface area contributed by atoms with Gasteiger partial charge < -0.3 is 4.74 Å². The first-order chi connectivity index (χ1) is 8.60. The van der Waals surface area contributed by atoms with Crippen LogP contribution in [0.25, 0.3) is 0 Å². The number of benzene rings is 2. The van der Waals surface area contributed by atoms with Gasteiger partial charge in [0.15, 0.2) is 0 Å². The van der Waals surface area contributed by atoms with Crippen LogP contribution in [0.2, 0.25) is 5.02 Å². The maximum absolute atomic E-state index is 10.7. The molecule has 0 heterocycles. The van der Waals surface area contributed by atoms with Gasteiger partial charge in [0.1, 0.15) is 17.8 Å². The van der Waals surface area contributed by atoms with E-state index >= 15 is 0 Å². The summed E-state index contributed by atoms with van der Waals surface area (Å²) in [4.78, 5) is 10.7. The fraction of sp³-hybridized carbons (Fsp3) is 0.133. The molecule has 2 aromatic rings. The van der Waals surface area contributed by atoms with Crippen molar-refractivity contribution < 1.29 is 9.53 Å². The zero-order chi connectivity index (χ0) is 13.1. The van der Waals surface area contributed by atoms with Crippen molar-refractivity contribution in [1.82, 2.24) is 0 Å². The van der Waals surface area contributed by atoms with Gasteiger partial charge in [0.2, 0.25) is 0 Å². The Morgan fingerprint density at radius 1 is 1.06 bits per heavy atom. The van der Waals surface area contributed by atoms with Crippen molar-refractivity contribution in [1.29, 1.82) is 0 Å². The minimum absolute atomic E-state index is 0.569. The molecule has 18 heavy (non-hydrogen) atoms. The molecule has 0 saturated carbocycles. The Morgan fingerprint density at radius 3 is 2.50 bits per heavy atom. The topological polar surface area (TPSA) is 26.3 Å². The number of hydrogen-bond donors (Lipinski definition) is 0. The molecular weight excluding hydrogens is 248 g/mol. The molecule has 0 aliphatic rings. The Kier molecular flexibility index (Phi) is 3.68. The van der Waals surface area contributed by atoms with Crippen LogP contribution in [0.3, 0.4) is 0 Å². The van der Waals surface area contributed by atoms with Crippen LogP contribution in [0.1, 0.15) is 21.5 Å². The second kappa shape index (κ2) is 5.23. The quantitative estimate of drug-likeness (QED) is 0.756. The molecule has 0 fully saturated rings. The number of halogens is 1. The molecule has 0 amide bonds. The van der Waals surface area contributed by atoms with Crippen LogP contribution in [0.4, 0.5) is 0 Å². The Balaban J connectivity index is 2.34. The number of hydrogen-bond acceptors (Lipinski definition) is 2. The summed E-state index contributed by atoms with van der Waals surface area (Å²) in [6.45, 7) is 3.87. The van der Waals surface area contributed by atoms with Gasteiger partial charge in [0.25, 0.3) is 0 Å². The third-order valence-corrected chi connectivity index (χ3v) is 2.95. The summed E-state index contributed by atoms with van der Waals surface area (Å²) in [5, 5.41) is 0.569. The highest BCUT2D eigenvalue weighted by atomic mass is 35.5. The third-order valence-electron chi connectivity index (χ3n) is 2.64. The van der Waals surface area contributed by atoms with Gasteiger partial charge in [-0.2, -0.15) is 0 Å². The average molecular weight is 261 g/mol. The fourth-order valence-electron chi connectivity index (χ4n) is 1.67. The summed E-state index contributed by atoms with van der Waals surface area (Å²) >= 11 is 6.08. The normalized spacial score (nSPS) is 10.2. The molecule has 0 aliphatic carbocycles. The molecule has 0 spiro atoms. The zero-order valence-electron chi connectivity index (χ0n) is 10.2. The van der Waals surface area contributed by atoms with Gasteiger partial charge in [-0.15, -0.1) is 0 Å². The first kappa shape index (κ1) is 12.7. The summed E-state index contributed by atoms with van der Waals surface area (Å²) < 4.78 is 5.77. The highest BCUT2D eigenvalue weighted by molar-refractivity contribution is 6.32. The molecule has 2 rings (SSSR count). The van der Waals surface area contributed by atoms with E-state index in [2.05, 4.69) is 0 Å². The molecular formula is C15H13ClO2. The van der Waals surface area contributed by atoms with Crippen molar-refractivity contribution in [2.24, 2.45) is 0 Å². The Morgan fingerprint density at radius 2 is 1.83 bits per heavy atom. The largest absolute Gasteiger partial charge is 0.456 e. The van der Waals surface area contributed by atoms with Crippen LogP contribution in [0, 0.1) is 13.8 Å². The van der Waals surface area contributed by atoms with Crippen LogP contribution in [0.15, 0.2) is 36.4 Å². The van der Waals surface area contributed by atoms with Crippen LogP contribution in [0.5, 0.6) is 11.5 Å². The van der Waals surface area contributed by atoms with E-state index in [1.807, 2.05) is 26.0 Å². The first-order valence-electron chi connectivity index (χ1n) is 5.60. The Hall–Kier alpha value is -1.80. The van der Waals surface area contributed by atoms with E-state index in [-0.39, 0.29) is 0 Å². The number of aryl methyl sites for hydroxylation is 2. The van der Waals surface area contributed by atoms with Gasteiger partial charge in [-0.1, -0.05) is 17.7 Å². The van der Waals surface area contributed by atoms with Crippen molar-refractivity contribution >= 4 is 17.9 Å². The van der Waals surface area contributed by atoms with E-state index < -0.39 is 0 Å². The monoisotopic (exact) mass is 260 g/mol. The summed E-state index contributed by atoms with van der Waals surface area (Å²) in [7, 11) is 0. The van der Waals surface area contributed by atoms with Crippen LogP contribution < -0.4 is 4.74 Å². The molecule has 0 unspecified atom stereocenters. The third kappa shape index (κ3) is 2.71. The lowest BCUT2D eigenvalue weighted by molar-refractivity contribution is 0.112. The molecule has 0 saturated heterocycles. The lowest BCUT2D eigenvalue weighted by Crippen LogP contribution is -1.91. The molecule has 0 N–H and O–H groups in total. The van der Waals surface area contributed by atoms with Gasteiger partial charge in [-0.3, -0.25) is 4.79 Å². The summed E-state index contributed by atoms with van der Waals surface area (Å²) in [5.74, 6) is 1.33. The molecule has 0 bridgehead atoms. The van der Waals surface area contributed by atoms with Gasteiger partial charge >= 0.3 is 0 Å². The molecule has 3 heteroatoms. The number of aldehydes is 1. The van der Waals surface area contributed by atoms with E-state index in [1.165, 1.54) is 0 Å². The molecule has 0 aliphatic heterocycles. The average Bonchev–Trinajstić information content (AvgIpc) is 2.36. The van der Waals surface area contributed by atoms with Crippen LogP contribution in [-0.2, 0) is 0 Å². The smallest absolute Gasteiger partial charge is 0.150 e. The van der Waals surface area contributed by atoms with Crippen molar-refractivity contribution in [2.75, 3.05) is 0 Å². The lowest BCUT2D eigenvalue weighted by Gasteiger charge is -2.11. The van der Waals surface area contributed by atoms with Gasteiger partial charge in [-0.25, -0.2) is 0 Å². The van der Waals surface area contributed by atoms with Crippen LogP contribution >= 0.6 is 11.6 Å². The van der Waals surface area contributed by atoms with Gasteiger partial charge in [-0.05, 0) is 55.3 Å². The zero-order valence-corrected chi connectivity index (χ0v) is 11.0. The predicted molar refractivity (Wildman–Crippen MR) is 72.8 cm³/mol. The summed E-state index contributed by atoms with van der Waals surface area (Å²) in [5.41, 5.74) is 2.61. The molecule has 0 atom stereocenters. The van der Waals surface area contributed by atoms with Crippen molar-refractivity contribution in [3.8, 4) is 11.5 Å². The number of carbonyl (C=O) groups excluding carboxylic acids is 1. The first-order valence-corrected chi connectivity index (χ1v) is 5.98. The van der Waals surface area contributed by atoms with E-state index in [1.54, 1.807) is 24.3 Å². The SMILES string of the molecule is Cc1ccc(Cl)c(Oc2ccc(C=O)cc2C)c1. The van der Waals surface area contributed by atoms with Crippen molar-refractivity contribution in [3.63, 3.8) is 0 Å². The molecule has 2 nitrogen and oxygen atoms in total. The standard InChI is InChI=1S/C15H13ClO2/c1-10-3-5-13(16)15(7-10)18-14-6-4-12(9-17)8-11(14)2/h3-9H,1-2H3. The van der Waals surface area contributed by atoms with E-state index in [4.69, 9.17) is 16.3 Å². The minimum atomic E-state index is 0.569. The number of carbonyl (C=O) groups is 1. The number of rotatable bonds is 3. The Labute approximate surface area is 111 Å². The van der Waals surface area contributed by atoms with Gasteiger partial charge in [0, 0.05) is 5.56 Å². The number of ether oxygens (including phenoxy) is 1. The maximum Gasteiger partial charge on any atom is 0.150 e. The molecule has 0 aromatic heterocycles. The van der Waals surface area contributed by atoms with E-state index in [0.29, 0.717) is 22.1 Å². The fourth-order valence-corrected chi connectivity index (χ4v) is 1.82. The van der Waals surface area contributed by atoms with E-state index in [0.717, 1.165) is 17.4 Å². The molecule has 0 radical (unpaired) electrons. The lowest BCUT2D eigenvalue weighted by atomic mass is 10.1.